The van der Waals surface area contributed by atoms with Crippen LogP contribution in [0.1, 0.15) is 36.9 Å². The van der Waals surface area contributed by atoms with Crippen molar-refractivity contribution in [3.63, 3.8) is 0 Å². The van der Waals surface area contributed by atoms with Crippen LogP contribution in [-0.2, 0) is 4.74 Å². The third-order valence-electron chi connectivity index (χ3n) is 2.47. The Balaban J connectivity index is 2.18. The van der Waals surface area contributed by atoms with Crippen LogP contribution in [0.15, 0.2) is 6.07 Å². The minimum Gasteiger partial charge on any atom is -0.357 e. The molecule has 0 spiro atoms. The van der Waals surface area contributed by atoms with Gasteiger partial charge in [0.2, 0.25) is 0 Å². The molecule has 0 aliphatic carbocycles. The first-order chi connectivity index (χ1) is 6.27. The molecule has 1 unspecified atom stereocenters. The Morgan fingerprint density at radius 3 is 2.85 bits per heavy atom. The molecule has 0 aromatic carbocycles. The molecule has 0 bridgehead atoms. The standard InChI is InChI=1S/C10H16N2O/c1-8-7-9(2)12(11-8)10-5-3-4-6-13-10/h7,10H,3-6H2,1-2H3. The summed E-state index contributed by atoms with van der Waals surface area (Å²) in [6, 6.07) is 2.10. The van der Waals surface area contributed by atoms with Crippen molar-refractivity contribution in [2.24, 2.45) is 0 Å². The van der Waals surface area contributed by atoms with Crippen LogP contribution in [0.25, 0.3) is 0 Å². The van der Waals surface area contributed by atoms with Crippen LogP contribution in [0.4, 0.5) is 0 Å². The molecule has 3 heteroatoms. The molecule has 72 valence electrons. The summed E-state index contributed by atoms with van der Waals surface area (Å²) >= 11 is 0. The van der Waals surface area contributed by atoms with Gasteiger partial charge in [0.1, 0.15) is 6.23 Å². The fraction of sp³-hybridized carbons (Fsp3) is 0.700. The first-order valence-corrected chi connectivity index (χ1v) is 4.92. The van der Waals surface area contributed by atoms with Crippen molar-refractivity contribution in [2.45, 2.75) is 39.3 Å². The van der Waals surface area contributed by atoms with E-state index in [4.69, 9.17) is 4.74 Å². The van der Waals surface area contributed by atoms with Crippen LogP contribution < -0.4 is 0 Å². The highest BCUT2D eigenvalue weighted by atomic mass is 16.5. The van der Waals surface area contributed by atoms with Crippen molar-refractivity contribution in [2.75, 3.05) is 6.61 Å². The van der Waals surface area contributed by atoms with Crippen LogP contribution in [0.5, 0.6) is 0 Å². The predicted molar refractivity (Wildman–Crippen MR) is 50.5 cm³/mol. The van der Waals surface area contributed by atoms with Crippen molar-refractivity contribution in [3.05, 3.63) is 17.5 Å². The van der Waals surface area contributed by atoms with Gasteiger partial charge in [-0.05, 0) is 39.2 Å². The minimum absolute atomic E-state index is 0.183. The van der Waals surface area contributed by atoms with Crippen molar-refractivity contribution < 1.29 is 4.74 Å². The molecule has 1 aliphatic rings. The number of hydrogen-bond acceptors (Lipinski definition) is 2. The third kappa shape index (κ3) is 1.75. The van der Waals surface area contributed by atoms with Crippen molar-refractivity contribution >= 4 is 0 Å². The van der Waals surface area contributed by atoms with Crippen LogP contribution in [-0.4, -0.2) is 16.4 Å². The second-order valence-corrected chi connectivity index (χ2v) is 3.69. The Hall–Kier alpha value is -0.830. The normalized spacial score (nSPS) is 23.4. The Kier molecular flexibility index (Phi) is 2.36. The summed E-state index contributed by atoms with van der Waals surface area (Å²) in [6.07, 6.45) is 3.73. The number of nitrogens with zero attached hydrogens (tertiary/aromatic N) is 2. The summed E-state index contributed by atoms with van der Waals surface area (Å²) in [6.45, 7) is 4.98. The maximum atomic E-state index is 5.66. The summed E-state index contributed by atoms with van der Waals surface area (Å²) in [4.78, 5) is 0. The van der Waals surface area contributed by atoms with Gasteiger partial charge in [-0.3, -0.25) is 0 Å². The number of aryl methyl sites for hydroxylation is 2. The van der Waals surface area contributed by atoms with E-state index in [1.165, 1.54) is 18.5 Å². The van der Waals surface area contributed by atoms with Crippen molar-refractivity contribution in [3.8, 4) is 0 Å². The Morgan fingerprint density at radius 1 is 1.46 bits per heavy atom. The van der Waals surface area contributed by atoms with Gasteiger partial charge in [-0.15, -0.1) is 0 Å². The molecule has 0 N–H and O–H groups in total. The zero-order chi connectivity index (χ0) is 9.26. The highest BCUT2D eigenvalue weighted by Gasteiger charge is 2.17. The Bertz CT molecular complexity index is 287. The molecular weight excluding hydrogens is 164 g/mol. The Labute approximate surface area is 78.7 Å². The van der Waals surface area contributed by atoms with E-state index in [9.17, 15) is 0 Å². The number of rotatable bonds is 1. The summed E-state index contributed by atoms with van der Waals surface area (Å²) in [5, 5.41) is 4.43. The highest BCUT2D eigenvalue weighted by molar-refractivity contribution is 5.07. The number of hydrogen-bond donors (Lipinski definition) is 0. The smallest absolute Gasteiger partial charge is 0.150 e. The van der Waals surface area contributed by atoms with E-state index in [0.29, 0.717) is 0 Å². The van der Waals surface area contributed by atoms with Gasteiger partial charge in [0.15, 0.2) is 0 Å². The quantitative estimate of drug-likeness (QED) is 0.662. The van der Waals surface area contributed by atoms with Crippen molar-refractivity contribution in [1.29, 1.82) is 0 Å². The molecule has 1 saturated heterocycles. The maximum Gasteiger partial charge on any atom is 0.150 e. The number of ether oxygens (including phenoxy) is 1. The molecule has 1 atom stereocenters. The second kappa shape index (κ2) is 3.50. The highest BCUT2D eigenvalue weighted by Crippen LogP contribution is 2.23. The molecule has 3 nitrogen and oxygen atoms in total. The van der Waals surface area contributed by atoms with E-state index in [2.05, 4.69) is 18.1 Å². The molecular formula is C10H16N2O. The molecule has 2 heterocycles. The minimum atomic E-state index is 0.183. The molecule has 1 aliphatic heterocycles. The first-order valence-electron chi connectivity index (χ1n) is 4.92. The van der Waals surface area contributed by atoms with Gasteiger partial charge in [-0.2, -0.15) is 5.10 Å². The van der Waals surface area contributed by atoms with E-state index in [-0.39, 0.29) is 6.23 Å². The fourth-order valence-electron chi connectivity index (χ4n) is 1.85. The largest absolute Gasteiger partial charge is 0.357 e. The van der Waals surface area contributed by atoms with Gasteiger partial charge in [0.25, 0.3) is 0 Å². The average Bonchev–Trinajstić information content (AvgIpc) is 2.47. The van der Waals surface area contributed by atoms with E-state index in [0.717, 1.165) is 18.7 Å². The molecule has 13 heavy (non-hydrogen) atoms. The lowest BCUT2D eigenvalue weighted by atomic mass is 10.2. The zero-order valence-corrected chi connectivity index (χ0v) is 8.29. The van der Waals surface area contributed by atoms with Gasteiger partial charge in [-0.1, -0.05) is 0 Å². The third-order valence-corrected chi connectivity index (χ3v) is 2.47. The van der Waals surface area contributed by atoms with Gasteiger partial charge in [0, 0.05) is 12.3 Å². The van der Waals surface area contributed by atoms with E-state index < -0.39 is 0 Å². The molecule has 1 aromatic heterocycles. The van der Waals surface area contributed by atoms with Crippen LogP contribution >= 0.6 is 0 Å². The SMILES string of the molecule is Cc1cc(C)n(C2CCCCO2)n1. The van der Waals surface area contributed by atoms with Gasteiger partial charge < -0.3 is 4.74 Å². The van der Waals surface area contributed by atoms with Crippen LogP contribution in [0, 0.1) is 13.8 Å². The average molecular weight is 180 g/mol. The van der Waals surface area contributed by atoms with Gasteiger partial charge >= 0.3 is 0 Å². The monoisotopic (exact) mass is 180 g/mol. The summed E-state index contributed by atoms with van der Waals surface area (Å²) < 4.78 is 7.67. The maximum absolute atomic E-state index is 5.66. The van der Waals surface area contributed by atoms with Gasteiger partial charge in [0.05, 0.1) is 5.69 Å². The van der Waals surface area contributed by atoms with E-state index >= 15 is 0 Å². The summed E-state index contributed by atoms with van der Waals surface area (Å²) in [5.74, 6) is 0. The number of aromatic nitrogens is 2. The Morgan fingerprint density at radius 2 is 2.31 bits per heavy atom. The first kappa shape index (κ1) is 8.75. The lowest BCUT2D eigenvalue weighted by Crippen LogP contribution is -2.20. The lowest BCUT2D eigenvalue weighted by molar-refractivity contribution is -0.0407. The zero-order valence-electron chi connectivity index (χ0n) is 8.29. The molecule has 0 radical (unpaired) electrons. The predicted octanol–water partition coefficient (Wildman–Crippen LogP) is 2.20. The van der Waals surface area contributed by atoms with Crippen LogP contribution in [0.3, 0.4) is 0 Å². The molecule has 1 fully saturated rings. The topological polar surface area (TPSA) is 27.1 Å². The van der Waals surface area contributed by atoms with Gasteiger partial charge in [-0.25, -0.2) is 4.68 Å². The summed E-state index contributed by atoms with van der Waals surface area (Å²) in [7, 11) is 0. The fourth-order valence-corrected chi connectivity index (χ4v) is 1.85. The molecule has 1 aromatic rings. The molecule has 2 rings (SSSR count). The molecule has 0 amide bonds. The van der Waals surface area contributed by atoms with Crippen LogP contribution in [0.2, 0.25) is 0 Å². The lowest BCUT2D eigenvalue weighted by Gasteiger charge is -2.23. The van der Waals surface area contributed by atoms with Crippen molar-refractivity contribution in [1.82, 2.24) is 9.78 Å². The summed E-state index contributed by atoms with van der Waals surface area (Å²) in [5.41, 5.74) is 2.27. The second-order valence-electron chi connectivity index (χ2n) is 3.69. The molecule has 0 saturated carbocycles. The van der Waals surface area contributed by atoms with E-state index in [1.54, 1.807) is 0 Å². The van der Waals surface area contributed by atoms with E-state index in [1.807, 2.05) is 11.6 Å².